The van der Waals surface area contributed by atoms with Crippen molar-refractivity contribution in [2.24, 2.45) is 10.2 Å². The van der Waals surface area contributed by atoms with Crippen LogP contribution in [0.15, 0.2) is 40.5 Å². The number of amidine groups is 1. The second kappa shape index (κ2) is 7.24. The van der Waals surface area contributed by atoms with Crippen LogP contribution in [0.25, 0.3) is 0 Å². The van der Waals surface area contributed by atoms with Crippen LogP contribution in [0.1, 0.15) is 32.3 Å². The molecule has 0 aromatic heterocycles. The van der Waals surface area contributed by atoms with Crippen LogP contribution in [-0.2, 0) is 11.3 Å². The molecule has 2 rings (SSSR count). The van der Waals surface area contributed by atoms with Gasteiger partial charge in [0.15, 0.2) is 5.17 Å². The van der Waals surface area contributed by atoms with E-state index in [4.69, 9.17) is 0 Å². The number of carbonyl (C=O) groups is 1. The van der Waals surface area contributed by atoms with Gasteiger partial charge in [-0.1, -0.05) is 55.4 Å². The summed E-state index contributed by atoms with van der Waals surface area (Å²) in [6.45, 7) is 4.64. The van der Waals surface area contributed by atoms with Gasteiger partial charge in [-0.05, 0) is 18.9 Å². The maximum Gasteiger partial charge on any atom is 0.239 e. The Balaban J connectivity index is 2.11. The summed E-state index contributed by atoms with van der Waals surface area (Å²) in [7, 11) is 0. The summed E-state index contributed by atoms with van der Waals surface area (Å²) in [6, 6.07) is 9.95. The van der Waals surface area contributed by atoms with Crippen molar-refractivity contribution in [3.05, 3.63) is 35.9 Å². The molecular weight excluding hydrogens is 270 g/mol. The van der Waals surface area contributed by atoms with Crippen molar-refractivity contribution in [3.63, 3.8) is 0 Å². The van der Waals surface area contributed by atoms with E-state index in [2.05, 4.69) is 17.1 Å². The Morgan fingerprint density at radius 2 is 2.10 bits per heavy atom. The number of thioether (sulfide) groups is 1. The fourth-order valence-corrected chi connectivity index (χ4v) is 2.76. The second-order valence-electron chi connectivity index (χ2n) is 4.72. The van der Waals surface area contributed by atoms with Crippen LogP contribution in [0.2, 0.25) is 0 Å². The van der Waals surface area contributed by atoms with Gasteiger partial charge in [0.1, 0.15) is 0 Å². The first kappa shape index (κ1) is 14.8. The third kappa shape index (κ3) is 3.93. The van der Waals surface area contributed by atoms with E-state index in [9.17, 15) is 4.79 Å². The van der Waals surface area contributed by atoms with Crippen molar-refractivity contribution in [1.82, 2.24) is 4.90 Å². The van der Waals surface area contributed by atoms with Gasteiger partial charge in [-0.25, -0.2) is 0 Å². The molecule has 1 aliphatic heterocycles. The number of carbonyl (C=O) groups excluding carboxylic acids is 1. The molecule has 20 heavy (non-hydrogen) atoms. The number of benzene rings is 1. The van der Waals surface area contributed by atoms with Gasteiger partial charge in [0.25, 0.3) is 0 Å². The monoisotopic (exact) mass is 289 g/mol. The van der Waals surface area contributed by atoms with Crippen LogP contribution < -0.4 is 0 Å². The molecule has 4 nitrogen and oxygen atoms in total. The molecule has 1 aromatic carbocycles. The maximum absolute atomic E-state index is 11.9. The first-order valence-electron chi connectivity index (χ1n) is 6.79. The fraction of sp³-hybridized carbons (Fsp3) is 0.400. The summed E-state index contributed by atoms with van der Waals surface area (Å²) in [4.78, 5) is 13.6. The van der Waals surface area contributed by atoms with E-state index in [1.54, 1.807) is 4.90 Å². The van der Waals surface area contributed by atoms with Crippen LogP contribution in [0, 0.1) is 0 Å². The van der Waals surface area contributed by atoms with Crippen molar-refractivity contribution in [1.29, 1.82) is 0 Å². The molecule has 0 radical (unpaired) electrons. The number of hydrogen-bond acceptors (Lipinski definition) is 4. The summed E-state index contributed by atoms with van der Waals surface area (Å²) in [5.41, 5.74) is 2.10. The molecule has 0 N–H and O–H groups in total. The van der Waals surface area contributed by atoms with Gasteiger partial charge in [-0.15, -0.1) is 5.10 Å². The molecule has 0 unspecified atom stereocenters. The van der Waals surface area contributed by atoms with Crippen molar-refractivity contribution < 1.29 is 4.79 Å². The molecule has 5 heteroatoms. The molecular formula is C15H19N3OS. The van der Waals surface area contributed by atoms with Gasteiger partial charge >= 0.3 is 0 Å². The predicted molar refractivity (Wildman–Crippen MR) is 84.9 cm³/mol. The van der Waals surface area contributed by atoms with E-state index in [1.807, 2.05) is 37.3 Å². The average Bonchev–Trinajstić information content (AvgIpc) is 2.79. The third-order valence-corrected chi connectivity index (χ3v) is 3.91. The van der Waals surface area contributed by atoms with Gasteiger partial charge < -0.3 is 0 Å². The summed E-state index contributed by atoms with van der Waals surface area (Å²) < 4.78 is 0. The summed E-state index contributed by atoms with van der Waals surface area (Å²) in [5.74, 6) is 0.550. The van der Waals surface area contributed by atoms with Crippen LogP contribution in [-0.4, -0.2) is 27.4 Å². The highest BCUT2D eigenvalue weighted by Gasteiger charge is 2.28. The fourth-order valence-electron chi connectivity index (χ4n) is 1.93. The Hall–Kier alpha value is -1.62. The van der Waals surface area contributed by atoms with Gasteiger partial charge in [-0.2, -0.15) is 5.10 Å². The molecule has 0 atom stereocenters. The topological polar surface area (TPSA) is 45.0 Å². The largest absolute Gasteiger partial charge is 0.285 e. The number of amides is 1. The molecule has 1 fully saturated rings. The van der Waals surface area contributed by atoms with E-state index < -0.39 is 0 Å². The van der Waals surface area contributed by atoms with E-state index in [0.29, 0.717) is 17.5 Å². The SMILES string of the molecule is CCC/C(C)=N/N=C1/SCC(=O)N1Cc1ccccc1. The Morgan fingerprint density at radius 1 is 1.35 bits per heavy atom. The maximum atomic E-state index is 11.9. The lowest BCUT2D eigenvalue weighted by Crippen LogP contribution is -2.28. The van der Waals surface area contributed by atoms with Gasteiger partial charge in [0.2, 0.25) is 5.91 Å². The van der Waals surface area contributed by atoms with E-state index in [0.717, 1.165) is 24.1 Å². The smallest absolute Gasteiger partial charge is 0.239 e. The van der Waals surface area contributed by atoms with E-state index in [-0.39, 0.29) is 5.91 Å². The minimum atomic E-state index is 0.0981. The zero-order chi connectivity index (χ0) is 14.4. The first-order valence-corrected chi connectivity index (χ1v) is 7.77. The van der Waals surface area contributed by atoms with Crippen molar-refractivity contribution in [2.45, 2.75) is 33.2 Å². The normalized spacial score (nSPS) is 18.1. The average molecular weight is 289 g/mol. The van der Waals surface area contributed by atoms with Gasteiger partial charge in [0, 0.05) is 5.71 Å². The van der Waals surface area contributed by atoms with E-state index in [1.165, 1.54) is 11.8 Å². The molecule has 0 spiro atoms. The molecule has 1 aliphatic rings. The highest BCUT2D eigenvalue weighted by Crippen LogP contribution is 2.22. The Morgan fingerprint density at radius 3 is 2.80 bits per heavy atom. The number of hydrogen-bond donors (Lipinski definition) is 0. The lowest BCUT2D eigenvalue weighted by Gasteiger charge is -2.15. The summed E-state index contributed by atoms with van der Waals surface area (Å²) >= 11 is 1.46. The lowest BCUT2D eigenvalue weighted by atomic mass is 10.2. The first-order chi connectivity index (χ1) is 9.70. The van der Waals surface area contributed by atoms with Gasteiger partial charge in [0.05, 0.1) is 12.3 Å². The quantitative estimate of drug-likeness (QED) is 0.616. The van der Waals surface area contributed by atoms with Crippen molar-refractivity contribution in [3.8, 4) is 0 Å². The molecule has 1 heterocycles. The highest BCUT2D eigenvalue weighted by molar-refractivity contribution is 8.15. The Labute approximate surface area is 124 Å². The molecule has 1 aromatic rings. The minimum Gasteiger partial charge on any atom is -0.285 e. The highest BCUT2D eigenvalue weighted by atomic mass is 32.2. The zero-order valence-corrected chi connectivity index (χ0v) is 12.7. The Kier molecular flexibility index (Phi) is 5.35. The summed E-state index contributed by atoms with van der Waals surface area (Å²) in [5, 5.41) is 9.16. The molecule has 0 aliphatic carbocycles. The van der Waals surface area contributed by atoms with Crippen LogP contribution >= 0.6 is 11.8 Å². The molecule has 1 saturated heterocycles. The molecule has 0 saturated carbocycles. The number of nitrogens with zero attached hydrogens (tertiary/aromatic N) is 3. The van der Waals surface area contributed by atoms with Crippen LogP contribution in [0.4, 0.5) is 0 Å². The Bertz CT molecular complexity index is 525. The predicted octanol–water partition coefficient (Wildman–Crippen LogP) is 3.29. The molecule has 106 valence electrons. The lowest BCUT2D eigenvalue weighted by molar-refractivity contribution is -0.124. The van der Waals surface area contributed by atoms with E-state index >= 15 is 0 Å². The number of rotatable bonds is 5. The molecule has 0 bridgehead atoms. The zero-order valence-electron chi connectivity index (χ0n) is 11.9. The van der Waals surface area contributed by atoms with Crippen LogP contribution in [0.5, 0.6) is 0 Å². The van der Waals surface area contributed by atoms with Crippen molar-refractivity contribution in [2.75, 3.05) is 5.75 Å². The third-order valence-electron chi connectivity index (χ3n) is 2.96. The van der Waals surface area contributed by atoms with Crippen LogP contribution in [0.3, 0.4) is 0 Å². The standard InChI is InChI=1S/C15H19N3OS/c1-3-7-12(2)16-17-15-18(14(19)11-20-15)10-13-8-5-4-6-9-13/h4-6,8-9H,3,7,10-11H2,1-2H3/b16-12+,17-15+. The van der Waals surface area contributed by atoms with Gasteiger partial charge in [-0.3, -0.25) is 9.69 Å². The van der Waals surface area contributed by atoms with Crippen molar-refractivity contribution >= 4 is 28.5 Å². The molecule has 1 amide bonds. The second-order valence-corrected chi connectivity index (χ2v) is 5.66. The minimum absolute atomic E-state index is 0.0981. The summed E-state index contributed by atoms with van der Waals surface area (Å²) in [6.07, 6.45) is 1.99.